The summed E-state index contributed by atoms with van der Waals surface area (Å²) in [5, 5.41) is 11.0. The first-order valence-corrected chi connectivity index (χ1v) is 11.0. The summed E-state index contributed by atoms with van der Waals surface area (Å²) in [6.45, 7) is 5.77. The summed E-state index contributed by atoms with van der Waals surface area (Å²) in [5.74, 6) is 1.73. The molecule has 0 bridgehead atoms. The van der Waals surface area contributed by atoms with Crippen LogP contribution in [0.5, 0.6) is 5.75 Å². The fourth-order valence-electron chi connectivity index (χ4n) is 1.93. The Hall–Kier alpha value is -2.72. The topological polar surface area (TPSA) is 52.4 Å². The summed E-state index contributed by atoms with van der Waals surface area (Å²) >= 11 is 0. The minimum absolute atomic E-state index is 0.121. The monoisotopic (exact) mass is 361 g/mol. The number of nitro groups is 1. The van der Waals surface area contributed by atoms with Crippen molar-refractivity contribution in [2.45, 2.75) is 26.2 Å². The molecule has 0 aliphatic rings. The Morgan fingerprint density at radius 1 is 1.16 bits per heavy atom. The normalized spacial score (nSPS) is 10.8. The van der Waals surface area contributed by atoms with Gasteiger partial charge in [0.1, 0.15) is 32.1 Å². The average Bonchev–Trinajstić information content (AvgIpc) is 2.52. The first-order chi connectivity index (χ1) is 11.7. The maximum atomic E-state index is 13.7. The fraction of sp³-hybridized carbons (Fsp3) is 0.222. The van der Waals surface area contributed by atoms with E-state index >= 15 is 0 Å². The van der Waals surface area contributed by atoms with E-state index in [0.29, 0.717) is 5.56 Å². The van der Waals surface area contributed by atoms with Gasteiger partial charge in [-0.3, -0.25) is 10.1 Å². The van der Waals surface area contributed by atoms with Crippen molar-refractivity contribution in [1.29, 1.82) is 0 Å². The number of rotatable bonds is 4. The molecule has 7 heteroatoms. The largest absolute Gasteiger partial charge is 0.487 e. The smallest absolute Gasteiger partial charge is 0.270 e. The number of hydrogen-bond donors (Lipinski definition) is 0. The lowest BCUT2D eigenvalue weighted by Gasteiger charge is -2.10. The van der Waals surface area contributed by atoms with E-state index in [1.165, 1.54) is 24.3 Å². The van der Waals surface area contributed by atoms with Crippen LogP contribution >= 0.6 is 0 Å². The number of nitro benzene ring substituents is 1. The molecule has 25 heavy (non-hydrogen) atoms. The Morgan fingerprint density at radius 2 is 1.80 bits per heavy atom. The molecule has 0 aliphatic carbocycles. The molecule has 0 N–H and O–H groups in total. The summed E-state index contributed by atoms with van der Waals surface area (Å²) in [5.41, 5.74) is 3.11. The quantitative estimate of drug-likeness (QED) is 0.344. The Morgan fingerprint density at radius 3 is 2.36 bits per heavy atom. The van der Waals surface area contributed by atoms with E-state index in [1.54, 1.807) is 0 Å². The Labute approximate surface area is 145 Å². The molecule has 2 rings (SSSR count). The molecule has 0 fully saturated rings. The van der Waals surface area contributed by atoms with Gasteiger partial charge < -0.3 is 4.74 Å². The summed E-state index contributed by atoms with van der Waals surface area (Å²) in [7, 11) is -1.72. The highest BCUT2D eigenvalue weighted by Crippen LogP contribution is 2.25. The van der Waals surface area contributed by atoms with Crippen LogP contribution in [0.3, 0.4) is 0 Å². The van der Waals surface area contributed by atoms with Crippen LogP contribution in [0.25, 0.3) is 0 Å². The third kappa shape index (κ3) is 5.13. The van der Waals surface area contributed by atoms with Crippen molar-refractivity contribution in [3.8, 4) is 17.2 Å². The molecule has 0 radical (unpaired) electrons. The van der Waals surface area contributed by atoms with Gasteiger partial charge in [0.2, 0.25) is 0 Å². The van der Waals surface area contributed by atoms with E-state index in [9.17, 15) is 18.9 Å². The Bertz CT molecular complexity index is 847. The minimum Gasteiger partial charge on any atom is -0.487 e. The van der Waals surface area contributed by atoms with Crippen molar-refractivity contribution < 1.29 is 18.4 Å². The lowest BCUT2D eigenvalue weighted by atomic mass is 10.2. The summed E-state index contributed by atoms with van der Waals surface area (Å²) in [6.07, 6.45) is 0. The van der Waals surface area contributed by atoms with E-state index < -0.39 is 24.6 Å². The average molecular weight is 361 g/mol. The molecule has 0 saturated carbocycles. The van der Waals surface area contributed by atoms with E-state index in [2.05, 4.69) is 11.5 Å². The molecule has 0 atom stereocenters. The third-order valence-corrected chi connectivity index (χ3v) is 4.05. The molecule has 4 nitrogen and oxygen atoms in total. The molecule has 0 aromatic heterocycles. The highest BCUT2D eigenvalue weighted by molar-refractivity contribution is 6.83. The Balaban J connectivity index is 2.36. The molecule has 130 valence electrons. The second-order valence-corrected chi connectivity index (χ2v) is 11.2. The van der Waals surface area contributed by atoms with Crippen molar-refractivity contribution in [3.63, 3.8) is 0 Å². The van der Waals surface area contributed by atoms with Crippen molar-refractivity contribution >= 4 is 13.8 Å². The second-order valence-electron chi connectivity index (χ2n) is 6.43. The second kappa shape index (κ2) is 7.45. The van der Waals surface area contributed by atoms with Crippen LogP contribution in [0, 0.1) is 33.2 Å². The highest BCUT2D eigenvalue weighted by atomic mass is 28.3. The van der Waals surface area contributed by atoms with Gasteiger partial charge in [0.15, 0.2) is 0 Å². The zero-order valence-corrected chi connectivity index (χ0v) is 15.1. The van der Waals surface area contributed by atoms with Crippen molar-refractivity contribution in [1.82, 2.24) is 0 Å². The van der Waals surface area contributed by atoms with Crippen LogP contribution < -0.4 is 4.74 Å². The highest BCUT2D eigenvalue weighted by Gasteiger charge is 2.14. The van der Waals surface area contributed by atoms with E-state index in [4.69, 9.17) is 4.74 Å². The minimum atomic E-state index is -1.72. The van der Waals surface area contributed by atoms with E-state index in [1.807, 2.05) is 19.6 Å². The summed E-state index contributed by atoms with van der Waals surface area (Å²) in [6, 6.07) is 7.52. The predicted molar refractivity (Wildman–Crippen MR) is 94.0 cm³/mol. The van der Waals surface area contributed by atoms with Crippen LogP contribution in [-0.2, 0) is 6.61 Å². The lowest BCUT2D eigenvalue weighted by molar-refractivity contribution is -0.384. The van der Waals surface area contributed by atoms with Gasteiger partial charge in [-0.25, -0.2) is 8.78 Å². The number of ether oxygens (including phenoxy) is 1. The fourth-order valence-corrected chi connectivity index (χ4v) is 2.44. The van der Waals surface area contributed by atoms with Crippen LogP contribution in [0.4, 0.5) is 14.5 Å². The van der Waals surface area contributed by atoms with Crippen molar-refractivity contribution in [2.24, 2.45) is 0 Å². The number of hydrogen-bond acceptors (Lipinski definition) is 3. The molecule has 2 aromatic carbocycles. The molecule has 0 unspecified atom stereocenters. The zero-order chi connectivity index (χ0) is 18.6. The summed E-state index contributed by atoms with van der Waals surface area (Å²) < 4.78 is 32.9. The van der Waals surface area contributed by atoms with Gasteiger partial charge in [-0.1, -0.05) is 31.6 Å². The number of nitrogens with zero attached hydrogens (tertiary/aromatic N) is 1. The van der Waals surface area contributed by atoms with Gasteiger partial charge >= 0.3 is 0 Å². The van der Waals surface area contributed by atoms with E-state index in [-0.39, 0.29) is 23.6 Å². The van der Waals surface area contributed by atoms with Gasteiger partial charge in [0, 0.05) is 12.1 Å². The molecule has 2 aromatic rings. The van der Waals surface area contributed by atoms with Gasteiger partial charge in [-0.15, -0.1) is 5.54 Å². The molecule has 0 aliphatic heterocycles. The maximum Gasteiger partial charge on any atom is 0.270 e. The van der Waals surface area contributed by atoms with Crippen LogP contribution in [0.2, 0.25) is 19.6 Å². The summed E-state index contributed by atoms with van der Waals surface area (Å²) in [4.78, 5) is 10.4. The molecule has 0 heterocycles. The first kappa shape index (κ1) is 18.6. The van der Waals surface area contributed by atoms with Gasteiger partial charge in [0.05, 0.1) is 16.1 Å². The number of halogens is 2. The molecular weight excluding hydrogens is 344 g/mol. The lowest BCUT2D eigenvalue weighted by Crippen LogP contribution is -2.16. The third-order valence-electron chi connectivity index (χ3n) is 3.18. The van der Waals surface area contributed by atoms with Crippen molar-refractivity contribution in [2.75, 3.05) is 0 Å². The maximum absolute atomic E-state index is 13.7. The predicted octanol–water partition coefficient (Wildman–Crippen LogP) is 4.68. The standard InChI is InChI=1S/C18H17F2NO3Si/c1-25(2,3)10-9-13-11-14(21(22)23)7-8-18(13)24-12-15-16(19)5-4-6-17(15)20/h4-8,11H,12H2,1-3H3. The van der Waals surface area contributed by atoms with Gasteiger partial charge in [-0.2, -0.15) is 0 Å². The molecule has 0 saturated heterocycles. The number of non-ortho nitro benzene ring substituents is 1. The van der Waals surface area contributed by atoms with Crippen molar-refractivity contribution in [3.05, 3.63) is 69.3 Å². The SMILES string of the molecule is C[Si](C)(C)C#Cc1cc([N+](=O)[O-])ccc1OCc1c(F)cccc1F. The zero-order valence-electron chi connectivity index (χ0n) is 14.1. The molecular formula is C18H17F2NO3Si. The first-order valence-electron chi connectivity index (χ1n) is 7.55. The van der Waals surface area contributed by atoms with E-state index in [0.717, 1.165) is 12.1 Å². The molecule has 0 amide bonds. The van der Waals surface area contributed by atoms with Gasteiger partial charge in [-0.05, 0) is 18.2 Å². The molecule has 0 spiro atoms. The van der Waals surface area contributed by atoms with Crippen LogP contribution in [0.1, 0.15) is 11.1 Å². The number of benzene rings is 2. The van der Waals surface area contributed by atoms with Gasteiger partial charge in [0.25, 0.3) is 5.69 Å². The Kier molecular flexibility index (Phi) is 5.54. The van der Waals surface area contributed by atoms with Crippen LogP contribution in [0.15, 0.2) is 36.4 Å². The van der Waals surface area contributed by atoms with Crippen LogP contribution in [-0.4, -0.2) is 13.0 Å².